The van der Waals surface area contributed by atoms with Crippen molar-refractivity contribution in [1.82, 2.24) is 10.2 Å². The Morgan fingerprint density at radius 3 is 2.52 bits per heavy atom. The summed E-state index contributed by atoms with van der Waals surface area (Å²) in [6, 6.07) is 3.57. The summed E-state index contributed by atoms with van der Waals surface area (Å²) in [6.07, 6.45) is 0.187. The maximum Gasteiger partial charge on any atom is 0.335 e. The molecule has 3 N–H and O–H groups in total. The Morgan fingerprint density at radius 2 is 2.00 bits per heavy atom. The third-order valence-electron chi connectivity index (χ3n) is 2.76. The lowest BCUT2D eigenvalue weighted by Crippen LogP contribution is -2.34. The van der Waals surface area contributed by atoms with Crippen LogP contribution in [0.4, 0.5) is 10.5 Å². The lowest BCUT2D eigenvalue weighted by Gasteiger charge is -2.18. The van der Waals surface area contributed by atoms with Crippen molar-refractivity contribution < 1.29 is 19.5 Å². The molecule has 0 aliphatic heterocycles. The number of nitrogens with zero attached hydrogens (tertiary/aromatic N) is 1. The smallest absolute Gasteiger partial charge is 0.335 e. The van der Waals surface area contributed by atoms with Gasteiger partial charge >= 0.3 is 12.0 Å². The summed E-state index contributed by atoms with van der Waals surface area (Å²) in [6.45, 7) is 0.246. The highest BCUT2D eigenvalue weighted by Crippen LogP contribution is 2.23. The largest absolute Gasteiger partial charge is 0.478 e. The van der Waals surface area contributed by atoms with Crippen molar-refractivity contribution >= 4 is 35.2 Å². The molecular weight excluding hydrogens is 298 g/mol. The Balaban J connectivity index is 2.66. The molecule has 7 nitrogen and oxygen atoms in total. The first-order valence-corrected chi connectivity index (χ1v) is 6.48. The summed E-state index contributed by atoms with van der Waals surface area (Å²) in [7, 11) is 3.06. The van der Waals surface area contributed by atoms with Gasteiger partial charge in [-0.2, -0.15) is 0 Å². The third kappa shape index (κ3) is 4.96. The first kappa shape index (κ1) is 16.8. The van der Waals surface area contributed by atoms with Gasteiger partial charge in [0.15, 0.2) is 0 Å². The van der Waals surface area contributed by atoms with Crippen LogP contribution >= 0.6 is 11.6 Å². The first-order valence-electron chi connectivity index (χ1n) is 6.10. The molecule has 1 aromatic carbocycles. The Hall–Kier alpha value is -2.28. The molecule has 0 bridgehead atoms. The summed E-state index contributed by atoms with van der Waals surface area (Å²) in [4.78, 5) is 35.1. The second-order valence-electron chi connectivity index (χ2n) is 4.27. The number of rotatable bonds is 5. The molecule has 0 saturated heterocycles. The standard InChI is InChI=1S/C13H16ClN3O4/c1-15-11(18)5-6-17(2)13(21)16-10-4-3-8(12(19)20)7-9(10)14/h3-4,7H,5-6H2,1-2H3,(H,15,18)(H,16,21)(H,19,20). The van der Waals surface area contributed by atoms with Gasteiger partial charge in [0.25, 0.3) is 0 Å². The van der Waals surface area contributed by atoms with Gasteiger partial charge in [-0.1, -0.05) is 11.6 Å². The van der Waals surface area contributed by atoms with Gasteiger partial charge in [-0.05, 0) is 18.2 Å². The van der Waals surface area contributed by atoms with E-state index in [4.69, 9.17) is 16.7 Å². The SMILES string of the molecule is CNC(=O)CCN(C)C(=O)Nc1ccc(C(=O)O)cc1Cl. The van der Waals surface area contributed by atoms with E-state index in [1.807, 2.05) is 0 Å². The lowest BCUT2D eigenvalue weighted by atomic mass is 10.2. The number of urea groups is 1. The molecule has 0 saturated carbocycles. The third-order valence-corrected chi connectivity index (χ3v) is 3.07. The predicted molar refractivity (Wildman–Crippen MR) is 78.7 cm³/mol. The van der Waals surface area contributed by atoms with Crippen molar-refractivity contribution in [1.29, 1.82) is 0 Å². The van der Waals surface area contributed by atoms with Crippen molar-refractivity contribution in [3.63, 3.8) is 0 Å². The van der Waals surface area contributed by atoms with Crippen molar-refractivity contribution in [3.8, 4) is 0 Å². The Labute approximate surface area is 126 Å². The zero-order chi connectivity index (χ0) is 16.0. The molecule has 0 radical (unpaired) electrons. The Kier molecular flexibility index (Phi) is 5.98. The Morgan fingerprint density at radius 1 is 1.33 bits per heavy atom. The highest BCUT2D eigenvalue weighted by molar-refractivity contribution is 6.34. The van der Waals surface area contributed by atoms with Crippen molar-refractivity contribution in [2.24, 2.45) is 0 Å². The summed E-state index contributed by atoms with van der Waals surface area (Å²) in [5, 5.41) is 14.0. The van der Waals surface area contributed by atoms with Crippen LogP contribution in [-0.2, 0) is 4.79 Å². The molecule has 0 aromatic heterocycles. The zero-order valence-electron chi connectivity index (χ0n) is 11.6. The van der Waals surface area contributed by atoms with Gasteiger partial charge in [-0.25, -0.2) is 9.59 Å². The minimum atomic E-state index is -1.10. The number of halogens is 1. The van der Waals surface area contributed by atoms with E-state index in [1.165, 1.54) is 37.2 Å². The van der Waals surface area contributed by atoms with Crippen LogP contribution in [0.5, 0.6) is 0 Å². The molecule has 21 heavy (non-hydrogen) atoms. The first-order chi connectivity index (χ1) is 9.85. The summed E-state index contributed by atoms with van der Waals surface area (Å²) in [5.41, 5.74) is 0.337. The van der Waals surface area contributed by atoms with E-state index < -0.39 is 12.0 Å². The van der Waals surface area contributed by atoms with E-state index in [1.54, 1.807) is 0 Å². The molecule has 0 spiro atoms. The maximum absolute atomic E-state index is 11.9. The number of anilines is 1. The van der Waals surface area contributed by atoms with Gasteiger partial charge in [0.05, 0.1) is 16.3 Å². The quantitative estimate of drug-likeness (QED) is 0.769. The molecular formula is C13H16ClN3O4. The fourth-order valence-corrected chi connectivity index (χ4v) is 1.68. The number of carbonyl (C=O) groups is 3. The fourth-order valence-electron chi connectivity index (χ4n) is 1.46. The van der Waals surface area contributed by atoms with E-state index in [0.717, 1.165) is 0 Å². The number of hydrogen-bond acceptors (Lipinski definition) is 3. The van der Waals surface area contributed by atoms with Gasteiger partial charge in [-0.3, -0.25) is 4.79 Å². The highest BCUT2D eigenvalue weighted by atomic mass is 35.5. The van der Waals surface area contributed by atoms with Gasteiger partial charge in [0.2, 0.25) is 5.91 Å². The topological polar surface area (TPSA) is 98.7 Å². The zero-order valence-corrected chi connectivity index (χ0v) is 12.4. The predicted octanol–water partition coefficient (Wildman–Crippen LogP) is 1.64. The van der Waals surface area contributed by atoms with Crippen LogP contribution in [0.15, 0.2) is 18.2 Å². The molecule has 1 aromatic rings. The molecule has 8 heteroatoms. The summed E-state index contributed by atoms with van der Waals surface area (Å²) < 4.78 is 0. The summed E-state index contributed by atoms with van der Waals surface area (Å²) in [5.74, 6) is -1.27. The average Bonchev–Trinajstić information content (AvgIpc) is 2.45. The second kappa shape index (κ2) is 7.49. The summed E-state index contributed by atoms with van der Waals surface area (Å²) >= 11 is 5.91. The number of aromatic carboxylic acids is 1. The van der Waals surface area contributed by atoms with Crippen LogP contribution in [0.25, 0.3) is 0 Å². The number of carboxylic acid groups (broad SMARTS) is 1. The molecule has 114 valence electrons. The van der Waals surface area contributed by atoms with Gasteiger partial charge in [-0.15, -0.1) is 0 Å². The monoisotopic (exact) mass is 313 g/mol. The van der Waals surface area contributed by atoms with E-state index in [0.29, 0.717) is 5.69 Å². The van der Waals surface area contributed by atoms with Crippen LogP contribution in [0.2, 0.25) is 5.02 Å². The molecule has 0 atom stereocenters. The molecule has 0 heterocycles. The minimum Gasteiger partial charge on any atom is -0.478 e. The van der Waals surface area contributed by atoms with Crippen molar-refractivity contribution in [2.75, 3.05) is 26.0 Å². The van der Waals surface area contributed by atoms with E-state index in [-0.39, 0.29) is 29.5 Å². The average molecular weight is 314 g/mol. The number of carboxylic acids is 1. The van der Waals surface area contributed by atoms with Crippen LogP contribution in [0, 0.1) is 0 Å². The highest BCUT2D eigenvalue weighted by Gasteiger charge is 2.13. The van der Waals surface area contributed by atoms with Crippen LogP contribution < -0.4 is 10.6 Å². The molecule has 3 amide bonds. The number of benzene rings is 1. The van der Waals surface area contributed by atoms with Crippen molar-refractivity contribution in [2.45, 2.75) is 6.42 Å². The normalized spacial score (nSPS) is 9.86. The van der Waals surface area contributed by atoms with Gasteiger partial charge in [0.1, 0.15) is 0 Å². The van der Waals surface area contributed by atoms with Crippen molar-refractivity contribution in [3.05, 3.63) is 28.8 Å². The fraction of sp³-hybridized carbons (Fsp3) is 0.308. The number of amides is 3. The molecule has 0 aliphatic carbocycles. The number of nitrogens with one attached hydrogen (secondary N) is 2. The lowest BCUT2D eigenvalue weighted by molar-refractivity contribution is -0.120. The van der Waals surface area contributed by atoms with Crippen LogP contribution in [0.1, 0.15) is 16.8 Å². The minimum absolute atomic E-state index is 0.0333. The van der Waals surface area contributed by atoms with E-state index in [2.05, 4.69) is 10.6 Å². The van der Waals surface area contributed by atoms with Gasteiger partial charge < -0.3 is 20.6 Å². The van der Waals surface area contributed by atoms with E-state index in [9.17, 15) is 14.4 Å². The molecule has 1 rings (SSSR count). The Bertz CT molecular complexity index is 562. The second-order valence-corrected chi connectivity index (χ2v) is 4.68. The number of carbonyl (C=O) groups excluding carboxylic acids is 2. The molecule has 0 unspecified atom stereocenters. The van der Waals surface area contributed by atoms with Crippen LogP contribution in [-0.4, -0.2) is 48.6 Å². The molecule has 0 fully saturated rings. The van der Waals surface area contributed by atoms with E-state index >= 15 is 0 Å². The van der Waals surface area contributed by atoms with Gasteiger partial charge in [0, 0.05) is 27.1 Å². The van der Waals surface area contributed by atoms with Crippen LogP contribution in [0.3, 0.4) is 0 Å². The number of hydrogen-bond donors (Lipinski definition) is 3. The maximum atomic E-state index is 11.9. The molecule has 0 aliphatic rings.